The Bertz CT molecular complexity index is 643. The van der Waals surface area contributed by atoms with Crippen LogP contribution in [0.25, 0.3) is 0 Å². The maximum absolute atomic E-state index is 12.4. The second kappa shape index (κ2) is 10.5. The van der Waals surface area contributed by atoms with Gasteiger partial charge in [0.2, 0.25) is 17.7 Å². The molecule has 0 aliphatic heterocycles. The number of carbonyl (C=O) groups excluding carboxylic acids is 3. The van der Waals surface area contributed by atoms with Gasteiger partial charge >= 0.3 is 0 Å². The van der Waals surface area contributed by atoms with Gasteiger partial charge in [0, 0.05) is 25.3 Å². The van der Waals surface area contributed by atoms with E-state index < -0.39 is 0 Å². The third kappa shape index (κ3) is 6.56. The fourth-order valence-electron chi connectivity index (χ4n) is 2.67. The van der Waals surface area contributed by atoms with E-state index in [2.05, 4.69) is 10.6 Å². The molecule has 0 aromatic heterocycles. The van der Waals surface area contributed by atoms with Crippen molar-refractivity contribution in [3.05, 3.63) is 24.3 Å². The zero-order chi connectivity index (χ0) is 19.6. The number of amides is 3. The largest absolute Gasteiger partial charge is 0.497 e. The number of anilines is 1. The van der Waals surface area contributed by atoms with Gasteiger partial charge in [-0.3, -0.25) is 14.4 Å². The van der Waals surface area contributed by atoms with Crippen LogP contribution in [0.3, 0.4) is 0 Å². The van der Waals surface area contributed by atoms with Gasteiger partial charge in [-0.05, 0) is 37.1 Å². The smallest absolute Gasteiger partial charge is 0.243 e. The van der Waals surface area contributed by atoms with Gasteiger partial charge in [-0.25, -0.2) is 0 Å². The first-order valence-corrected chi connectivity index (χ1v) is 9.01. The van der Waals surface area contributed by atoms with Gasteiger partial charge in [0.25, 0.3) is 0 Å². The van der Waals surface area contributed by atoms with Gasteiger partial charge in [0.05, 0.1) is 26.8 Å². The van der Waals surface area contributed by atoms with E-state index in [9.17, 15) is 14.4 Å². The van der Waals surface area contributed by atoms with Gasteiger partial charge < -0.3 is 25.0 Å². The molecule has 0 saturated heterocycles. The fraction of sp³-hybridized carbons (Fsp3) is 0.526. The zero-order valence-corrected chi connectivity index (χ0v) is 15.8. The molecule has 8 heteroatoms. The number of hydrogen-bond donors (Lipinski definition) is 2. The average Bonchev–Trinajstić information content (AvgIpc) is 2.62. The molecule has 1 aliphatic rings. The summed E-state index contributed by atoms with van der Waals surface area (Å²) in [5.41, 5.74) is 0.608. The number of methoxy groups -OCH3 is 2. The number of hydrogen-bond acceptors (Lipinski definition) is 5. The molecule has 0 spiro atoms. The minimum absolute atomic E-state index is 0.00743. The van der Waals surface area contributed by atoms with Crippen molar-refractivity contribution >= 4 is 23.4 Å². The van der Waals surface area contributed by atoms with Crippen molar-refractivity contribution in [3.8, 4) is 5.75 Å². The minimum atomic E-state index is -0.372. The molecule has 1 aromatic carbocycles. The molecule has 1 fully saturated rings. The predicted molar refractivity (Wildman–Crippen MR) is 100 cm³/mol. The summed E-state index contributed by atoms with van der Waals surface area (Å²) in [6.07, 6.45) is 2.79. The van der Waals surface area contributed by atoms with Crippen LogP contribution in [0.15, 0.2) is 24.3 Å². The summed E-state index contributed by atoms with van der Waals surface area (Å²) >= 11 is 0. The van der Waals surface area contributed by atoms with Gasteiger partial charge in [-0.2, -0.15) is 0 Å². The molecule has 1 saturated carbocycles. The van der Waals surface area contributed by atoms with E-state index >= 15 is 0 Å². The first kappa shape index (κ1) is 20.7. The molecule has 2 N–H and O–H groups in total. The first-order valence-electron chi connectivity index (χ1n) is 9.01. The van der Waals surface area contributed by atoms with E-state index in [4.69, 9.17) is 9.47 Å². The number of rotatable bonds is 10. The Balaban J connectivity index is 1.77. The lowest BCUT2D eigenvalue weighted by Crippen LogP contribution is -2.47. The standard InChI is InChI=1S/C19H27N3O5/c1-26-11-10-22(19(25)14-4-3-5-14)13-18(24)20-12-17(23)21-15-6-8-16(27-2)9-7-15/h6-9,14H,3-5,10-13H2,1-2H3,(H,20,24)(H,21,23). The maximum atomic E-state index is 12.4. The van der Waals surface area contributed by atoms with Crippen molar-refractivity contribution in [3.63, 3.8) is 0 Å². The third-order valence-electron chi connectivity index (χ3n) is 4.49. The minimum Gasteiger partial charge on any atom is -0.497 e. The van der Waals surface area contributed by atoms with Crippen molar-refractivity contribution in [1.29, 1.82) is 0 Å². The molecule has 27 heavy (non-hydrogen) atoms. The van der Waals surface area contributed by atoms with Gasteiger partial charge in [0.15, 0.2) is 0 Å². The van der Waals surface area contributed by atoms with Crippen molar-refractivity contribution in [2.45, 2.75) is 19.3 Å². The van der Waals surface area contributed by atoms with Crippen LogP contribution in [0.5, 0.6) is 5.75 Å². The van der Waals surface area contributed by atoms with Gasteiger partial charge in [0.1, 0.15) is 5.75 Å². The van der Waals surface area contributed by atoms with E-state index in [-0.39, 0.29) is 36.7 Å². The fourth-order valence-corrected chi connectivity index (χ4v) is 2.67. The monoisotopic (exact) mass is 377 g/mol. The summed E-state index contributed by atoms with van der Waals surface area (Å²) in [5.74, 6) is -0.0383. The van der Waals surface area contributed by atoms with Crippen molar-refractivity contribution in [1.82, 2.24) is 10.2 Å². The third-order valence-corrected chi connectivity index (χ3v) is 4.49. The molecule has 0 heterocycles. The number of ether oxygens (including phenoxy) is 2. The van der Waals surface area contributed by atoms with Gasteiger partial charge in [-0.1, -0.05) is 6.42 Å². The molecule has 0 atom stereocenters. The summed E-state index contributed by atoms with van der Waals surface area (Å²) in [4.78, 5) is 38.0. The Morgan fingerprint density at radius 3 is 2.37 bits per heavy atom. The number of benzene rings is 1. The van der Waals surface area contributed by atoms with Crippen LogP contribution in [0.2, 0.25) is 0 Å². The molecule has 1 aliphatic carbocycles. The summed E-state index contributed by atoms with van der Waals surface area (Å²) in [7, 11) is 3.12. The molecule has 1 aromatic rings. The van der Waals surface area contributed by atoms with Crippen LogP contribution < -0.4 is 15.4 Å². The molecule has 8 nitrogen and oxygen atoms in total. The highest BCUT2D eigenvalue weighted by atomic mass is 16.5. The van der Waals surface area contributed by atoms with Crippen LogP contribution in [0.4, 0.5) is 5.69 Å². The maximum Gasteiger partial charge on any atom is 0.243 e. The highest BCUT2D eigenvalue weighted by Crippen LogP contribution is 2.28. The Kier molecular flexibility index (Phi) is 8.06. The SMILES string of the molecule is COCCN(CC(=O)NCC(=O)Nc1ccc(OC)cc1)C(=O)C1CCC1. The summed E-state index contributed by atoms with van der Waals surface area (Å²) in [6, 6.07) is 6.88. The first-order chi connectivity index (χ1) is 13.0. The molecule has 148 valence electrons. The molecular formula is C19H27N3O5. The number of nitrogens with zero attached hydrogens (tertiary/aromatic N) is 1. The van der Waals surface area contributed by atoms with Gasteiger partial charge in [-0.15, -0.1) is 0 Å². The lowest BCUT2D eigenvalue weighted by Gasteiger charge is -2.31. The van der Waals surface area contributed by atoms with Crippen molar-refractivity contribution < 1.29 is 23.9 Å². The Morgan fingerprint density at radius 1 is 1.11 bits per heavy atom. The molecule has 2 rings (SSSR count). The van der Waals surface area contributed by atoms with E-state index in [0.717, 1.165) is 19.3 Å². The number of nitrogens with one attached hydrogen (secondary N) is 2. The molecule has 0 bridgehead atoms. The molecule has 0 unspecified atom stereocenters. The topological polar surface area (TPSA) is 97.0 Å². The summed E-state index contributed by atoms with van der Waals surface area (Å²) in [6.45, 7) is 0.482. The van der Waals surface area contributed by atoms with Crippen LogP contribution in [-0.4, -0.2) is 63.1 Å². The van der Waals surface area contributed by atoms with E-state index in [1.54, 1.807) is 38.5 Å². The summed E-state index contributed by atoms with van der Waals surface area (Å²) in [5, 5.41) is 5.24. The van der Waals surface area contributed by atoms with E-state index in [0.29, 0.717) is 24.6 Å². The van der Waals surface area contributed by atoms with Crippen LogP contribution in [0.1, 0.15) is 19.3 Å². The predicted octanol–water partition coefficient (Wildman–Crippen LogP) is 1.03. The Hall–Kier alpha value is -2.61. The molecule has 0 radical (unpaired) electrons. The van der Waals surface area contributed by atoms with E-state index in [1.807, 2.05) is 0 Å². The lowest BCUT2D eigenvalue weighted by molar-refractivity contribution is -0.142. The normalized spacial score (nSPS) is 13.4. The second-order valence-electron chi connectivity index (χ2n) is 6.43. The van der Waals surface area contributed by atoms with Crippen LogP contribution in [-0.2, 0) is 19.1 Å². The Morgan fingerprint density at radius 2 is 1.81 bits per heavy atom. The Labute approximate surface area is 159 Å². The van der Waals surface area contributed by atoms with Crippen LogP contribution >= 0.6 is 0 Å². The van der Waals surface area contributed by atoms with E-state index in [1.165, 1.54) is 4.90 Å². The summed E-state index contributed by atoms with van der Waals surface area (Å²) < 4.78 is 10.1. The zero-order valence-electron chi connectivity index (χ0n) is 15.8. The van der Waals surface area contributed by atoms with Crippen LogP contribution in [0, 0.1) is 5.92 Å². The second-order valence-corrected chi connectivity index (χ2v) is 6.43. The quantitative estimate of drug-likeness (QED) is 0.635. The highest BCUT2D eigenvalue weighted by Gasteiger charge is 2.30. The van der Waals surface area contributed by atoms with Crippen molar-refractivity contribution in [2.75, 3.05) is 45.8 Å². The van der Waals surface area contributed by atoms with Crippen molar-refractivity contribution in [2.24, 2.45) is 5.92 Å². The lowest BCUT2D eigenvalue weighted by atomic mass is 9.84. The highest BCUT2D eigenvalue weighted by molar-refractivity contribution is 5.95. The molecular weight excluding hydrogens is 350 g/mol. The molecule has 3 amide bonds. The average molecular weight is 377 g/mol. The number of carbonyl (C=O) groups is 3.